The predicted octanol–water partition coefficient (Wildman–Crippen LogP) is 3.17. The third kappa shape index (κ3) is 2.17. The Morgan fingerprint density at radius 1 is 1.50 bits per heavy atom. The van der Waals surface area contributed by atoms with E-state index in [1.807, 2.05) is 36.9 Å². The number of rotatable bonds is 2. The van der Waals surface area contributed by atoms with Crippen molar-refractivity contribution in [2.45, 2.75) is 31.6 Å². The van der Waals surface area contributed by atoms with Gasteiger partial charge >= 0.3 is 0 Å². The summed E-state index contributed by atoms with van der Waals surface area (Å²) in [5.74, 6) is 1.21. The first kappa shape index (κ1) is 11.3. The molecule has 1 aliphatic heterocycles. The van der Waals surface area contributed by atoms with Crippen LogP contribution in [0.4, 0.5) is 5.69 Å². The lowest BCUT2D eigenvalue weighted by molar-refractivity contribution is 0.724. The van der Waals surface area contributed by atoms with Crippen molar-refractivity contribution in [2.75, 3.05) is 11.1 Å². The second-order valence-corrected chi connectivity index (χ2v) is 5.71. The van der Waals surface area contributed by atoms with Gasteiger partial charge < -0.3 is 5.32 Å². The number of nitrogens with zero attached hydrogens (tertiary/aromatic N) is 1. The van der Waals surface area contributed by atoms with Gasteiger partial charge in [-0.2, -0.15) is 17.0 Å². The normalized spacial score (nSPS) is 24.1. The fourth-order valence-corrected chi connectivity index (χ4v) is 3.26. The van der Waals surface area contributed by atoms with E-state index in [0.717, 1.165) is 16.8 Å². The molecule has 1 aliphatic rings. The van der Waals surface area contributed by atoms with E-state index in [0.29, 0.717) is 11.3 Å². The zero-order chi connectivity index (χ0) is 11.5. The number of nitrogens with one attached hydrogen (secondary N) is 1. The molecule has 1 saturated heterocycles. The molecule has 1 fully saturated rings. The first-order chi connectivity index (χ1) is 7.72. The number of thioether (sulfide) groups is 1. The Hall–Kier alpha value is -1.14. The third-order valence-corrected chi connectivity index (χ3v) is 4.43. The van der Waals surface area contributed by atoms with Gasteiger partial charge in [0.25, 0.3) is 0 Å². The quantitative estimate of drug-likeness (QED) is 0.850. The van der Waals surface area contributed by atoms with Crippen LogP contribution in [0.25, 0.3) is 0 Å². The van der Waals surface area contributed by atoms with Crippen LogP contribution in [0, 0.1) is 18.3 Å². The highest BCUT2D eigenvalue weighted by Crippen LogP contribution is 2.30. The molecular weight excluding hydrogens is 216 g/mol. The van der Waals surface area contributed by atoms with Gasteiger partial charge in [0.2, 0.25) is 0 Å². The molecule has 2 unspecified atom stereocenters. The molecule has 3 heteroatoms. The van der Waals surface area contributed by atoms with Crippen molar-refractivity contribution in [2.24, 2.45) is 0 Å². The highest BCUT2D eigenvalue weighted by Gasteiger charge is 2.24. The molecule has 1 N–H and O–H groups in total. The zero-order valence-corrected chi connectivity index (χ0v) is 10.5. The van der Waals surface area contributed by atoms with Crippen LogP contribution in [-0.2, 0) is 0 Å². The van der Waals surface area contributed by atoms with E-state index >= 15 is 0 Å². The third-order valence-electron chi connectivity index (χ3n) is 3.10. The molecule has 1 aromatic carbocycles. The Morgan fingerprint density at radius 2 is 2.31 bits per heavy atom. The average Bonchev–Trinajstić information content (AvgIpc) is 2.65. The number of anilines is 1. The van der Waals surface area contributed by atoms with E-state index in [4.69, 9.17) is 5.26 Å². The van der Waals surface area contributed by atoms with Crippen LogP contribution in [0.1, 0.15) is 24.5 Å². The van der Waals surface area contributed by atoms with Gasteiger partial charge in [-0.25, -0.2) is 0 Å². The molecule has 16 heavy (non-hydrogen) atoms. The summed E-state index contributed by atoms with van der Waals surface area (Å²) in [5, 5.41) is 13.3. The van der Waals surface area contributed by atoms with Gasteiger partial charge in [-0.1, -0.05) is 19.1 Å². The molecule has 1 heterocycles. The van der Waals surface area contributed by atoms with Gasteiger partial charge in [-0.15, -0.1) is 0 Å². The predicted molar refractivity (Wildman–Crippen MR) is 69.8 cm³/mol. The molecule has 0 saturated carbocycles. The minimum absolute atomic E-state index is 0.499. The summed E-state index contributed by atoms with van der Waals surface area (Å²) < 4.78 is 0. The first-order valence-electron chi connectivity index (χ1n) is 5.60. The van der Waals surface area contributed by atoms with E-state index in [-0.39, 0.29) is 0 Å². The number of aryl methyl sites for hydroxylation is 1. The van der Waals surface area contributed by atoms with Crippen LogP contribution >= 0.6 is 11.8 Å². The Bertz CT molecular complexity index is 422. The minimum Gasteiger partial charge on any atom is -0.380 e. The van der Waals surface area contributed by atoms with Crippen LogP contribution in [0.15, 0.2) is 18.2 Å². The van der Waals surface area contributed by atoms with Crippen LogP contribution in [0.3, 0.4) is 0 Å². The lowest BCUT2D eigenvalue weighted by Crippen LogP contribution is -2.25. The minimum atomic E-state index is 0.499. The van der Waals surface area contributed by atoms with Gasteiger partial charge in [0.15, 0.2) is 0 Å². The van der Waals surface area contributed by atoms with Gasteiger partial charge in [-0.3, -0.25) is 0 Å². The SMILES string of the molecule is Cc1cccc(NC2CCSC2C)c1C#N. The molecule has 0 bridgehead atoms. The van der Waals surface area contributed by atoms with Crippen LogP contribution in [0.2, 0.25) is 0 Å². The molecule has 2 atom stereocenters. The van der Waals surface area contributed by atoms with Gasteiger partial charge in [0.05, 0.1) is 11.3 Å². The molecule has 84 valence electrons. The Labute approximate surface area is 101 Å². The fraction of sp³-hybridized carbons (Fsp3) is 0.462. The summed E-state index contributed by atoms with van der Waals surface area (Å²) in [4.78, 5) is 0. The second-order valence-electron chi connectivity index (χ2n) is 4.22. The van der Waals surface area contributed by atoms with Gasteiger partial charge in [-0.05, 0) is 30.7 Å². The molecule has 2 nitrogen and oxygen atoms in total. The maximum atomic E-state index is 9.14. The van der Waals surface area contributed by atoms with Crippen molar-refractivity contribution in [1.29, 1.82) is 5.26 Å². The Kier molecular flexibility index (Phi) is 3.40. The van der Waals surface area contributed by atoms with Crippen LogP contribution in [0.5, 0.6) is 0 Å². The van der Waals surface area contributed by atoms with E-state index in [1.165, 1.54) is 12.2 Å². The number of benzene rings is 1. The lowest BCUT2D eigenvalue weighted by atomic mass is 10.1. The molecule has 0 aromatic heterocycles. The van der Waals surface area contributed by atoms with Crippen LogP contribution in [-0.4, -0.2) is 17.0 Å². The second kappa shape index (κ2) is 4.80. The smallest absolute Gasteiger partial charge is 0.102 e. The van der Waals surface area contributed by atoms with Crippen molar-refractivity contribution in [3.05, 3.63) is 29.3 Å². The molecular formula is C13H16N2S. The lowest BCUT2D eigenvalue weighted by Gasteiger charge is -2.19. The average molecular weight is 232 g/mol. The summed E-state index contributed by atoms with van der Waals surface area (Å²) in [5.41, 5.74) is 2.82. The summed E-state index contributed by atoms with van der Waals surface area (Å²) in [6.07, 6.45) is 1.19. The van der Waals surface area contributed by atoms with Crippen molar-refractivity contribution in [3.63, 3.8) is 0 Å². The Balaban J connectivity index is 2.21. The summed E-state index contributed by atoms with van der Waals surface area (Å²) in [7, 11) is 0. The van der Waals surface area contributed by atoms with E-state index in [9.17, 15) is 0 Å². The molecule has 0 radical (unpaired) electrons. The fourth-order valence-electron chi connectivity index (χ4n) is 2.06. The monoisotopic (exact) mass is 232 g/mol. The number of hydrogen-bond donors (Lipinski definition) is 1. The Morgan fingerprint density at radius 3 is 2.94 bits per heavy atom. The first-order valence-corrected chi connectivity index (χ1v) is 6.65. The van der Waals surface area contributed by atoms with E-state index in [2.05, 4.69) is 18.3 Å². The zero-order valence-electron chi connectivity index (χ0n) is 9.66. The summed E-state index contributed by atoms with van der Waals surface area (Å²) in [6.45, 7) is 4.23. The highest BCUT2D eigenvalue weighted by molar-refractivity contribution is 8.00. The largest absolute Gasteiger partial charge is 0.380 e. The number of nitriles is 1. The molecule has 2 rings (SSSR count). The summed E-state index contributed by atoms with van der Waals surface area (Å²) >= 11 is 2.00. The van der Waals surface area contributed by atoms with Gasteiger partial charge in [0.1, 0.15) is 6.07 Å². The van der Waals surface area contributed by atoms with Crippen LogP contribution < -0.4 is 5.32 Å². The standard InChI is InChI=1S/C13H16N2S/c1-9-4-3-5-13(11(9)8-14)15-12-6-7-16-10(12)2/h3-5,10,12,15H,6-7H2,1-2H3. The number of hydrogen-bond acceptors (Lipinski definition) is 3. The maximum Gasteiger partial charge on any atom is 0.102 e. The van der Waals surface area contributed by atoms with Crippen molar-refractivity contribution in [1.82, 2.24) is 0 Å². The van der Waals surface area contributed by atoms with Crippen molar-refractivity contribution >= 4 is 17.4 Å². The highest BCUT2D eigenvalue weighted by atomic mass is 32.2. The van der Waals surface area contributed by atoms with E-state index in [1.54, 1.807) is 0 Å². The van der Waals surface area contributed by atoms with Crippen molar-refractivity contribution < 1.29 is 0 Å². The molecule has 0 spiro atoms. The van der Waals surface area contributed by atoms with E-state index < -0.39 is 0 Å². The topological polar surface area (TPSA) is 35.8 Å². The molecule has 0 amide bonds. The molecule has 0 aliphatic carbocycles. The van der Waals surface area contributed by atoms with Gasteiger partial charge in [0, 0.05) is 11.3 Å². The summed E-state index contributed by atoms with van der Waals surface area (Å²) in [6, 6.07) is 8.77. The maximum absolute atomic E-state index is 9.14. The van der Waals surface area contributed by atoms with Crippen molar-refractivity contribution in [3.8, 4) is 6.07 Å². The molecule has 1 aromatic rings.